The molecule has 0 spiro atoms. The highest BCUT2D eigenvalue weighted by Crippen LogP contribution is 2.21. The maximum absolute atomic E-state index is 13.2. The average molecular weight is 399 g/mol. The van der Waals surface area contributed by atoms with Crippen molar-refractivity contribution in [3.8, 4) is 0 Å². The molecule has 1 unspecified atom stereocenters. The molecule has 0 aliphatic carbocycles. The second kappa shape index (κ2) is 8.57. The third kappa shape index (κ3) is 4.20. The van der Waals surface area contributed by atoms with Crippen LogP contribution in [-0.2, 0) is 18.3 Å². The Hall–Kier alpha value is -4.00. The van der Waals surface area contributed by atoms with Crippen LogP contribution in [0.5, 0.6) is 0 Å². The Morgan fingerprint density at radius 1 is 0.933 bits per heavy atom. The zero-order valence-corrected chi connectivity index (χ0v) is 16.4. The number of carbonyl (C=O) groups is 2. The Bertz CT molecular complexity index is 1170. The summed E-state index contributed by atoms with van der Waals surface area (Å²) in [5, 5.41) is 13.9. The van der Waals surface area contributed by atoms with Gasteiger partial charge in [0.1, 0.15) is 17.1 Å². The van der Waals surface area contributed by atoms with Gasteiger partial charge in [0.2, 0.25) is 5.91 Å². The summed E-state index contributed by atoms with van der Waals surface area (Å²) in [4.78, 5) is 25.9. The Kier molecular flexibility index (Phi) is 5.52. The van der Waals surface area contributed by atoms with Gasteiger partial charge in [-0.05, 0) is 29.8 Å². The van der Waals surface area contributed by atoms with Crippen molar-refractivity contribution in [1.29, 1.82) is 0 Å². The molecule has 4 aromatic rings. The molecule has 0 radical (unpaired) electrons. The summed E-state index contributed by atoms with van der Waals surface area (Å²) in [5.41, 5.74) is 3.45. The first-order chi connectivity index (χ1) is 14.6. The summed E-state index contributed by atoms with van der Waals surface area (Å²) < 4.78 is 1.61. The third-order valence-corrected chi connectivity index (χ3v) is 4.82. The van der Waals surface area contributed by atoms with E-state index in [0.29, 0.717) is 23.2 Å². The van der Waals surface area contributed by atoms with Crippen molar-refractivity contribution in [1.82, 2.24) is 20.3 Å². The van der Waals surface area contributed by atoms with Crippen molar-refractivity contribution in [2.24, 2.45) is 7.05 Å². The fraction of sp³-hybridized carbons (Fsp3) is 0.130. The molecule has 0 saturated carbocycles. The van der Waals surface area contributed by atoms with E-state index in [4.69, 9.17) is 0 Å². The number of carbonyl (C=O) groups excluding carboxylic acids is 2. The molecular weight excluding hydrogens is 378 g/mol. The highest BCUT2D eigenvalue weighted by molar-refractivity contribution is 6.04. The number of amides is 2. The lowest BCUT2D eigenvalue weighted by Crippen LogP contribution is -2.45. The van der Waals surface area contributed by atoms with Crippen molar-refractivity contribution in [2.75, 3.05) is 5.32 Å². The van der Waals surface area contributed by atoms with Gasteiger partial charge in [-0.2, -0.15) is 0 Å². The van der Waals surface area contributed by atoms with Crippen molar-refractivity contribution in [3.63, 3.8) is 0 Å². The number of rotatable bonds is 6. The van der Waals surface area contributed by atoms with E-state index < -0.39 is 6.04 Å². The van der Waals surface area contributed by atoms with Crippen LogP contribution in [0, 0.1) is 0 Å². The zero-order chi connectivity index (χ0) is 20.9. The van der Waals surface area contributed by atoms with Crippen molar-refractivity contribution >= 4 is 28.5 Å². The molecule has 0 aliphatic rings. The van der Waals surface area contributed by atoms with Gasteiger partial charge in [-0.25, -0.2) is 4.68 Å². The lowest BCUT2D eigenvalue weighted by molar-refractivity contribution is -0.118. The lowest BCUT2D eigenvalue weighted by Gasteiger charge is -2.19. The molecule has 2 amide bonds. The van der Waals surface area contributed by atoms with Crippen LogP contribution in [0.3, 0.4) is 0 Å². The van der Waals surface area contributed by atoms with Gasteiger partial charge in [0, 0.05) is 19.0 Å². The number of anilines is 1. The predicted molar refractivity (Wildman–Crippen MR) is 115 cm³/mol. The van der Waals surface area contributed by atoms with Gasteiger partial charge in [-0.1, -0.05) is 59.8 Å². The van der Waals surface area contributed by atoms with E-state index in [-0.39, 0.29) is 11.8 Å². The van der Waals surface area contributed by atoms with Gasteiger partial charge in [-0.15, -0.1) is 5.10 Å². The summed E-state index contributed by atoms with van der Waals surface area (Å²) in [6.45, 7) is 0. The smallest absolute Gasteiger partial charge is 0.251 e. The molecule has 150 valence electrons. The van der Waals surface area contributed by atoms with Crippen LogP contribution in [-0.4, -0.2) is 32.9 Å². The van der Waals surface area contributed by atoms with Crippen LogP contribution in [0.25, 0.3) is 11.0 Å². The number of hydrogen-bond acceptors (Lipinski definition) is 4. The maximum atomic E-state index is 13.2. The predicted octanol–water partition coefficient (Wildman–Crippen LogP) is 2.95. The summed E-state index contributed by atoms with van der Waals surface area (Å²) in [7, 11) is 1.77. The normalized spacial score (nSPS) is 11.8. The number of nitrogens with one attached hydrogen (secondary N) is 2. The molecule has 2 N–H and O–H groups in total. The zero-order valence-electron chi connectivity index (χ0n) is 16.4. The van der Waals surface area contributed by atoms with Crippen LogP contribution >= 0.6 is 0 Å². The molecule has 0 saturated heterocycles. The van der Waals surface area contributed by atoms with Gasteiger partial charge in [0.25, 0.3) is 5.91 Å². The summed E-state index contributed by atoms with van der Waals surface area (Å²) >= 11 is 0. The van der Waals surface area contributed by atoms with Gasteiger partial charge >= 0.3 is 0 Å². The number of aromatic nitrogens is 3. The largest absolute Gasteiger partial charge is 0.340 e. The van der Waals surface area contributed by atoms with Crippen LogP contribution in [0.15, 0.2) is 78.9 Å². The molecule has 1 heterocycles. The van der Waals surface area contributed by atoms with Crippen molar-refractivity contribution < 1.29 is 9.59 Å². The van der Waals surface area contributed by atoms with E-state index in [1.165, 1.54) is 0 Å². The summed E-state index contributed by atoms with van der Waals surface area (Å²) in [6.07, 6.45) is 0.366. The molecular formula is C23H21N5O2. The fourth-order valence-electron chi connectivity index (χ4n) is 3.32. The first-order valence-electron chi connectivity index (χ1n) is 9.61. The minimum Gasteiger partial charge on any atom is -0.340 e. The van der Waals surface area contributed by atoms with Gasteiger partial charge < -0.3 is 10.6 Å². The number of fused-ring (bicyclic) bond motifs is 1. The Morgan fingerprint density at radius 2 is 1.63 bits per heavy atom. The number of nitrogens with zero attached hydrogens (tertiary/aromatic N) is 3. The fourth-order valence-corrected chi connectivity index (χ4v) is 3.32. The van der Waals surface area contributed by atoms with Gasteiger partial charge in [0.15, 0.2) is 0 Å². The number of aryl methyl sites for hydroxylation is 1. The van der Waals surface area contributed by atoms with E-state index in [1.807, 2.05) is 42.5 Å². The molecule has 0 aliphatic heterocycles. The molecule has 7 heteroatoms. The molecule has 4 rings (SSSR count). The second-order valence-electron chi connectivity index (χ2n) is 6.96. The van der Waals surface area contributed by atoms with Crippen LogP contribution in [0.4, 0.5) is 5.69 Å². The minimum atomic E-state index is -0.753. The first-order valence-corrected chi connectivity index (χ1v) is 9.61. The van der Waals surface area contributed by atoms with E-state index >= 15 is 0 Å². The van der Waals surface area contributed by atoms with Crippen molar-refractivity contribution in [3.05, 3.63) is 90.0 Å². The Morgan fingerprint density at radius 3 is 2.37 bits per heavy atom. The van der Waals surface area contributed by atoms with Crippen LogP contribution in [0.2, 0.25) is 0 Å². The van der Waals surface area contributed by atoms with Crippen LogP contribution in [0.1, 0.15) is 15.9 Å². The summed E-state index contributed by atoms with van der Waals surface area (Å²) in [6, 6.07) is 23.1. The Balaban J connectivity index is 1.60. The second-order valence-corrected chi connectivity index (χ2v) is 6.96. The SMILES string of the molecule is Cn1nnc2cccc(NC(=O)C(Cc3ccccc3)NC(=O)c3ccccc3)c21. The average Bonchev–Trinajstić information content (AvgIpc) is 3.16. The minimum absolute atomic E-state index is 0.299. The topological polar surface area (TPSA) is 88.9 Å². The standard InChI is InChI=1S/C23H21N5O2/c1-28-21-18(13-8-14-19(21)26-27-28)24-23(30)20(15-16-9-4-2-5-10-16)25-22(29)17-11-6-3-7-12-17/h2-14,20H,15H2,1H3,(H,24,30)(H,25,29). The van der Waals surface area contributed by atoms with Gasteiger partial charge in [-0.3, -0.25) is 9.59 Å². The third-order valence-electron chi connectivity index (χ3n) is 4.82. The quantitative estimate of drug-likeness (QED) is 0.522. The molecule has 30 heavy (non-hydrogen) atoms. The van der Waals surface area contributed by atoms with Crippen LogP contribution < -0.4 is 10.6 Å². The first kappa shape index (κ1) is 19.3. The van der Waals surface area contributed by atoms with E-state index in [9.17, 15) is 9.59 Å². The lowest BCUT2D eigenvalue weighted by atomic mass is 10.0. The van der Waals surface area contributed by atoms with E-state index in [0.717, 1.165) is 11.1 Å². The highest BCUT2D eigenvalue weighted by Gasteiger charge is 2.23. The Labute approximate surface area is 173 Å². The highest BCUT2D eigenvalue weighted by atomic mass is 16.2. The van der Waals surface area contributed by atoms with Crippen molar-refractivity contribution in [2.45, 2.75) is 12.5 Å². The van der Waals surface area contributed by atoms with Gasteiger partial charge in [0.05, 0.1) is 5.69 Å². The molecule has 0 fully saturated rings. The molecule has 7 nitrogen and oxygen atoms in total. The molecule has 1 atom stereocenters. The maximum Gasteiger partial charge on any atom is 0.251 e. The number of benzene rings is 3. The number of para-hydroxylation sites is 1. The molecule has 0 bridgehead atoms. The monoisotopic (exact) mass is 399 g/mol. The number of hydrogen-bond donors (Lipinski definition) is 2. The van der Waals surface area contributed by atoms with E-state index in [1.54, 1.807) is 48.1 Å². The molecule has 3 aromatic carbocycles. The summed E-state index contributed by atoms with van der Waals surface area (Å²) in [5.74, 6) is -0.607. The van der Waals surface area contributed by atoms with E-state index in [2.05, 4.69) is 20.9 Å². The molecule has 1 aromatic heterocycles.